The molecule has 244 valence electrons. The van der Waals surface area contributed by atoms with E-state index in [0.717, 1.165) is 22.3 Å². The second-order valence-electron chi connectivity index (χ2n) is 13.7. The van der Waals surface area contributed by atoms with Crippen molar-refractivity contribution < 1.29 is 13.5 Å². The number of rotatable bonds is 12. The highest BCUT2D eigenvalue weighted by Crippen LogP contribution is 2.38. The molecule has 0 amide bonds. The summed E-state index contributed by atoms with van der Waals surface area (Å²) in [5.74, 6) is 2.10. The summed E-state index contributed by atoms with van der Waals surface area (Å²) in [6, 6.07) is 28.2. The van der Waals surface area contributed by atoms with Crippen molar-refractivity contribution >= 4 is 0 Å². The van der Waals surface area contributed by atoms with Gasteiger partial charge in [-0.3, -0.25) is 0 Å². The van der Waals surface area contributed by atoms with E-state index >= 15 is 8.78 Å². The fourth-order valence-corrected chi connectivity index (χ4v) is 7.60. The first-order chi connectivity index (χ1) is 23.0. The Labute approximate surface area is 280 Å². The molecule has 6 rings (SSSR count). The van der Waals surface area contributed by atoms with E-state index in [1.54, 1.807) is 12.1 Å². The molecular formula is C44H48F2O. The van der Waals surface area contributed by atoms with E-state index in [0.29, 0.717) is 60.9 Å². The zero-order chi connectivity index (χ0) is 32.6. The molecule has 0 atom stereocenters. The van der Waals surface area contributed by atoms with Crippen molar-refractivity contribution in [2.75, 3.05) is 13.2 Å². The lowest BCUT2D eigenvalue weighted by atomic mass is 9.78. The summed E-state index contributed by atoms with van der Waals surface area (Å²) in [6.07, 6.45) is 14.8. The summed E-state index contributed by atoms with van der Waals surface area (Å²) in [4.78, 5) is 0. The Balaban J connectivity index is 0.950. The first-order valence-corrected chi connectivity index (χ1v) is 17.6. The smallest absolute Gasteiger partial charge is 0.127 e. The Bertz CT molecular complexity index is 1500. The van der Waals surface area contributed by atoms with Crippen molar-refractivity contribution in [3.05, 3.63) is 144 Å². The van der Waals surface area contributed by atoms with E-state index < -0.39 is 0 Å². The third-order valence-electron chi connectivity index (χ3n) is 10.8. The second-order valence-corrected chi connectivity index (χ2v) is 13.7. The van der Waals surface area contributed by atoms with Crippen LogP contribution in [0.1, 0.15) is 85.5 Å². The molecule has 0 bridgehead atoms. The lowest BCUT2D eigenvalue weighted by molar-refractivity contribution is 0.139. The summed E-state index contributed by atoms with van der Waals surface area (Å²) < 4.78 is 35.8. The molecule has 0 aromatic heterocycles. The average Bonchev–Trinajstić information content (AvgIpc) is 3.13. The van der Waals surface area contributed by atoms with Crippen LogP contribution in [-0.2, 0) is 17.6 Å². The minimum atomic E-state index is -0.215. The monoisotopic (exact) mass is 630 g/mol. The molecule has 3 heteroatoms. The van der Waals surface area contributed by atoms with Gasteiger partial charge in [-0.1, -0.05) is 84.9 Å². The third kappa shape index (κ3) is 8.37. The Morgan fingerprint density at radius 2 is 0.872 bits per heavy atom. The summed E-state index contributed by atoms with van der Waals surface area (Å²) in [5, 5.41) is 0. The maximum Gasteiger partial charge on any atom is 0.127 e. The van der Waals surface area contributed by atoms with Crippen LogP contribution >= 0.6 is 0 Å². The molecule has 2 aliphatic rings. The number of benzene rings is 4. The molecule has 2 saturated carbocycles. The molecule has 1 nitrogen and oxygen atoms in total. The van der Waals surface area contributed by atoms with E-state index in [9.17, 15) is 0 Å². The molecule has 4 aromatic rings. The largest absolute Gasteiger partial charge is 0.381 e. The molecule has 47 heavy (non-hydrogen) atoms. The number of allylic oxidation sites excluding steroid dienone is 2. The molecule has 0 N–H and O–H groups in total. The van der Waals surface area contributed by atoms with Gasteiger partial charge in [-0.25, -0.2) is 8.78 Å². The van der Waals surface area contributed by atoms with E-state index in [-0.39, 0.29) is 11.6 Å². The highest BCUT2D eigenvalue weighted by atomic mass is 19.1. The van der Waals surface area contributed by atoms with Gasteiger partial charge in [0.1, 0.15) is 11.6 Å². The van der Waals surface area contributed by atoms with Crippen molar-refractivity contribution in [2.45, 2.75) is 76.0 Å². The molecule has 2 fully saturated rings. The average molecular weight is 631 g/mol. The van der Waals surface area contributed by atoms with Crippen molar-refractivity contribution in [1.82, 2.24) is 0 Å². The maximum atomic E-state index is 15.0. The molecule has 4 aromatic carbocycles. The second kappa shape index (κ2) is 15.8. The van der Waals surface area contributed by atoms with Crippen molar-refractivity contribution in [1.29, 1.82) is 0 Å². The predicted octanol–water partition coefficient (Wildman–Crippen LogP) is 12.0. The first kappa shape index (κ1) is 33.1. The van der Waals surface area contributed by atoms with Gasteiger partial charge in [-0.2, -0.15) is 0 Å². The van der Waals surface area contributed by atoms with Crippen LogP contribution in [0.3, 0.4) is 0 Å². The van der Waals surface area contributed by atoms with Crippen LogP contribution in [0.5, 0.6) is 0 Å². The molecular weight excluding hydrogens is 582 g/mol. The van der Waals surface area contributed by atoms with Gasteiger partial charge in [0.25, 0.3) is 0 Å². The van der Waals surface area contributed by atoms with Crippen molar-refractivity contribution in [3.8, 4) is 22.3 Å². The van der Waals surface area contributed by atoms with Crippen LogP contribution in [0.2, 0.25) is 0 Å². The van der Waals surface area contributed by atoms with Crippen molar-refractivity contribution in [3.63, 3.8) is 0 Å². The van der Waals surface area contributed by atoms with Gasteiger partial charge >= 0.3 is 0 Å². The van der Waals surface area contributed by atoms with Crippen LogP contribution < -0.4 is 0 Å². The molecule has 0 saturated heterocycles. The lowest BCUT2D eigenvalue weighted by Crippen LogP contribution is -2.11. The van der Waals surface area contributed by atoms with E-state index in [1.807, 2.05) is 24.3 Å². The van der Waals surface area contributed by atoms with Gasteiger partial charge < -0.3 is 4.74 Å². The number of halogens is 2. The zero-order valence-electron chi connectivity index (χ0n) is 27.6. The van der Waals surface area contributed by atoms with Crippen molar-refractivity contribution in [2.24, 2.45) is 11.8 Å². The summed E-state index contributed by atoms with van der Waals surface area (Å²) in [5.41, 5.74) is 7.85. The molecule has 0 heterocycles. The fourth-order valence-electron chi connectivity index (χ4n) is 7.60. The van der Waals surface area contributed by atoms with Crippen LogP contribution in [-0.4, -0.2) is 13.2 Å². The van der Waals surface area contributed by atoms with Gasteiger partial charge in [-0.05, 0) is 145 Å². The van der Waals surface area contributed by atoms with E-state index in [1.165, 1.54) is 62.5 Å². The standard InChI is InChI=1S/C44H48F2O/c1-3-31-5-9-33(10-6-31)35-13-17-37(18-14-35)41-23-21-39(43(45)29-41)25-27-47-28-26-40-22-24-42(30-44(40)46)38-19-15-36(16-20-38)34-11-7-32(4-2)8-12-34/h3-4,13-24,29-34H,1-2,5-12,25-28H2. The lowest BCUT2D eigenvalue weighted by Gasteiger charge is -2.27. The molecule has 0 unspecified atom stereocenters. The topological polar surface area (TPSA) is 9.23 Å². The van der Waals surface area contributed by atoms with Crippen LogP contribution in [0, 0.1) is 23.5 Å². The van der Waals surface area contributed by atoms with Crippen LogP contribution in [0.4, 0.5) is 8.78 Å². The minimum Gasteiger partial charge on any atom is -0.381 e. The predicted molar refractivity (Wildman–Crippen MR) is 192 cm³/mol. The normalized spacial score (nSPS) is 21.3. The van der Waals surface area contributed by atoms with Gasteiger partial charge in [0.2, 0.25) is 0 Å². The van der Waals surface area contributed by atoms with E-state index in [4.69, 9.17) is 4.74 Å². The molecule has 0 radical (unpaired) electrons. The first-order valence-electron chi connectivity index (χ1n) is 17.6. The summed E-state index contributed by atoms with van der Waals surface area (Å²) in [7, 11) is 0. The quantitative estimate of drug-likeness (QED) is 0.112. The number of ether oxygens (including phenoxy) is 1. The molecule has 0 spiro atoms. The number of hydrogen-bond acceptors (Lipinski definition) is 1. The Kier molecular flexibility index (Phi) is 11.2. The minimum absolute atomic E-state index is 0.215. The van der Waals surface area contributed by atoms with Gasteiger partial charge in [0.15, 0.2) is 0 Å². The van der Waals surface area contributed by atoms with Gasteiger partial charge in [0.05, 0.1) is 13.2 Å². The Hall–Kier alpha value is -3.82. The summed E-state index contributed by atoms with van der Waals surface area (Å²) >= 11 is 0. The Morgan fingerprint density at radius 1 is 0.511 bits per heavy atom. The van der Waals surface area contributed by atoms with Crippen LogP contribution in [0.25, 0.3) is 22.3 Å². The van der Waals surface area contributed by atoms with Gasteiger partial charge in [-0.15, -0.1) is 13.2 Å². The zero-order valence-corrected chi connectivity index (χ0v) is 27.6. The number of hydrogen-bond donors (Lipinski definition) is 0. The maximum absolute atomic E-state index is 15.0. The third-order valence-corrected chi connectivity index (χ3v) is 10.8. The van der Waals surface area contributed by atoms with E-state index in [2.05, 4.69) is 73.8 Å². The summed E-state index contributed by atoms with van der Waals surface area (Å²) in [6.45, 7) is 8.68. The van der Waals surface area contributed by atoms with Crippen LogP contribution in [0.15, 0.2) is 110 Å². The fraction of sp³-hybridized carbons (Fsp3) is 0.364. The highest BCUT2D eigenvalue weighted by Gasteiger charge is 2.22. The highest BCUT2D eigenvalue weighted by molar-refractivity contribution is 5.65. The molecule has 2 aliphatic carbocycles. The Morgan fingerprint density at radius 3 is 1.21 bits per heavy atom. The SMILES string of the molecule is C=CC1CCC(c2ccc(-c3ccc(CCOCCc4ccc(-c5ccc(C6CCC(C=C)CC6)cc5)cc4F)c(F)c3)cc2)CC1. The van der Waals surface area contributed by atoms with Gasteiger partial charge in [0, 0.05) is 0 Å². The molecule has 0 aliphatic heterocycles.